The van der Waals surface area contributed by atoms with Crippen LogP contribution in [-0.4, -0.2) is 23.3 Å². The summed E-state index contributed by atoms with van der Waals surface area (Å²) in [5.41, 5.74) is 0.126. The van der Waals surface area contributed by atoms with E-state index in [1.165, 1.54) is 0 Å². The number of phenolic OH excluding ortho intramolecular Hbond substituents is 1. The summed E-state index contributed by atoms with van der Waals surface area (Å²) >= 11 is 0. The maximum absolute atomic E-state index is 12.2. The van der Waals surface area contributed by atoms with Gasteiger partial charge >= 0.3 is 6.09 Å². The van der Waals surface area contributed by atoms with Crippen LogP contribution in [0.1, 0.15) is 40.5 Å². The summed E-state index contributed by atoms with van der Waals surface area (Å²) in [6.07, 6.45) is 1.49. The van der Waals surface area contributed by atoms with E-state index in [1.54, 1.807) is 29.2 Å². The van der Waals surface area contributed by atoms with Crippen LogP contribution < -0.4 is 4.90 Å². The van der Waals surface area contributed by atoms with Crippen LogP contribution in [0.5, 0.6) is 5.75 Å². The summed E-state index contributed by atoms with van der Waals surface area (Å²) in [5, 5.41) is 9.52. The van der Waals surface area contributed by atoms with Gasteiger partial charge in [-0.05, 0) is 39.3 Å². The Hall–Kier alpha value is -1.71. The number of benzene rings is 1. The van der Waals surface area contributed by atoms with Crippen LogP contribution in [0.2, 0.25) is 0 Å². The third-order valence-corrected chi connectivity index (χ3v) is 2.49. The maximum Gasteiger partial charge on any atom is 0.414 e. The number of nitrogens with zero attached hydrogens (tertiary/aromatic N) is 1. The van der Waals surface area contributed by atoms with Crippen LogP contribution in [0.3, 0.4) is 0 Å². The molecule has 1 aromatic carbocycles. The van der Waals surface area contributed by atoms with E-state index in [4.69, 9.17) is 4.74 Å². The van der Waals surface area contributed by atoms with E-state index in [9.17, 15) is 9.90 Å². The third kappa shape index (κ3) is 5.20. The monoisotopic (exact) mass is 265 g/mol. The highest BCUT2D eigenvalue weighted by Gasteiger charge is 2.23. The molecule has 0 atom stereocenters. The molecule has 0 aliphatic carbocycles. The molecule has 0 saturated carbocycles. The van der Waals surface area contributed by atoms with Gasteiger partial charge in [-0.15, -0.1) is 0 Å². The Balaban J connectivity index is 2.91. The van der Waals surface area contributed by atoms with Crippen LogP contribution in [0.25, 0.3) is 0 Å². The van der Waals surface area contributed by atoms with Crippen molar-refractivity contribution in [2.24, 2.45) is 0 Å². The van der Waals surface area contributed by atoms with Crippen LogP contribution >= 0.6 is 0 Å². The molecule has 1 amide bonds. The lowest BCUT2D eigenvalue weighted by Gasteiger charge is -2.27. The molecule has 1 rings (SSSR count). The molecule has 106 valence electrons. The molecule has 0 aliphatic heterocycles. The van der Waals surface area contributed by atoms with Crippen molar-refractivity contribution in [3.05, 3.63) is 24.3 Å². The molecule has 0 aliphatic rings. The van der Waals surface area contributed by atoms with Crippen LogP contribution in [0.15, 0.2) is 24.3 Å². The molecular weight excluding hydrogens is 242 g/mol. The molecule has 0 spiro atoms. The van der Waals surface area contributed by atoms with E-state index in [-0.39, 0.29) is 11.8 Å². The maximum atomic E-state index is 12.2. The quantitative estimate of drug-likeness (QED) is 0.897. The highest BCUT2D eigenvalue weighted by Crippen LogP contribution is 2.22. The van der Waals surface area contributed by atoms with E-state index >= 15 is 0 Å². The topological polar surface area (TPSA) is 49.8 Å². The SMILES string of the molecule is CCCCN(C(=O)OC(C)(C)C)c1cccc(O)c1. The Bertz CT molecular complexity index is 424. The molecule has 0 heterocycles. The fourth-order valence-corrected chi connectivity index (χ4v) is 1.62. The molecule has 0 bridgehead atoms. The third-order valence-electron chi connectivity index (χ3n) is 2.49. The first-order chi connectivity index (χ1) is 8.83. The second-order valence-electron chi connectivity index (χ2n) is 5.51. The zero-order valence-corrected chi connectivity index (χ0v) is 12.1. The predicted octanol–water partition coefficient (Wildman–Crippen LogP) is 3.93. The molecular formula is C15H23NO3. The molecule has 0 radical (unpaired) electrons. The number of amides is 1. The number of carbonyl (C=O) groups excluding carboxylic acids is 1. The smallest absolute Gasteiger partial charge is 0.414 e. The normalized spacial score (nSPS) is 11.2. The predicted molar refractivity (Wildman–Crippen MR) is 76.6 cm³/mol. The van der Waals surface area contributed by atoms with Gasteiger partial charge in [0.25, 0.3) is 0 Å². The van der Waals surface area contributed by atoms with Crippen molar-refractivity contribution < 1.29 is 14.6 Å². The Morgan fingerprint density at radius 3 is 2.58 bits per heavy atom. The minimum atomic E-state index is -0.529. The number of anilines is 1. The largest absolute Gasteiger partial charge is 0.508 e. The Kier molecular flexibility index (Phi) is 5.21. The van der Waals surface area contributed by atoms with Crippen molar-refractivity contribution in [1.82, 2.24) is 0 Å². The molecule has 0 aromatic heterocycles. The first-order valence-electron chi connectivity index (χ1n) is 6.63. The van der Waals surface area contributed by atoms with Crippen molar-refractivity contribution in [3.8, 4) is 5.75 Å². The summed E-state index contributed by atoms with van der Waals surface area (Å²) in [7, 11) is 0. The zero-order valence-electron chi connectivity index (χ0n) is 12.1. The standard InChI is InChI=1S/C15H23NO3/c1-5-6-10-16(14(18)19-15(2,3)4)12-8-7-9-13(17)11-12/h7-9,11,17H,5-6,10H2,1-4H3. The number of rotatable bonds is 4. The Morgan fingerprint density at radius 2 is 2.05 bits per heavy atom. The van der Waals surface area contributed by atoms with Crippen molar-refractivity contribution >= 4 is 11.8 Å². The second kappa shape index (κ2) is 6.45. The van der Waals surface area contributed by atoms with Gasteiger partial charge in [-0.3, -0.25) is 4.90 Å². The summed E-state index contributed by atoms with van der Waals surface area (Å²) in [6, 6.07) is 6.66. The molecule has 1 N–H and O–H groups in total. The first kappa shape index (κ1) is 15.3. The zero-order chi connectivity index (χ0) is 14.5. The average molecular weight is 265 g/mol. The highest BCUT2D eigenvalue weighted by molar-refractivity contribution is 5.88. The van der Waals surface area contributed by atoms with Gasteiger partial charge < -0.3 is 9.84 Å². The molecule has 0 unspecified atom stereocenters. The summed E-state index contributed by atoms with van der Waals surface area (Å²) in [4.78, 5) is 13.8. The molecule has 0 fully saturated rings. The molecule has 4 nitrogen and oxygen atoms in total. The molecule has 19 heavy (non-hydrogen) atoms. The van der Waals surface area contributed by atoms with Crippen molar-refractivity contribution in [1.29, 1.82) is 0 Å². The van der Waals surface area contributed by atoms with Crippen LogP contribution in [0, 0.1) is 0 Å². The van der Waals surface area contributed by atoms with Crippen LogP contribution in [-0.2, 0) is 4.74 Å². The van der Waals surface area contributed by atoms with Gasteiger partial charge in [-0.25, -0.2) is 4.79 Å². The number of hydrogen-bond acceptors (Lipinski definition) is 3. The number of hydrogen-bond donors (Lipinski definition) is 1. The Morgan fingerprint density at radius 1 is 1.37 bits per heavy atom. The van der Waals surface area contributed by atoms with Gasteiger partial charge in [-0.1, -0.05) is 19.4 Å². The number of aromatic hydroxyl groups is 1. The van der Waals surface area contributed by atoms with Crippen molar-refractivity contribution in [2.45, 2.75) is 46.1 Å². The Labute approximate surface area is 115 Å². The summed E-state index contributed by atoms with van der Waals surface area (Å²) < 4.78 is 5.40. The number of ether oxygens (including phenoxy) is 1. The van der Waals surface area contributed by atoms with Gasteiger partial charge in [0, 0.05) is 12.6 Å². The van der Waals surface area contributed by atoms with Crippen molar-refractivity contribution in [3.63, 3.8) is 0 Å². The van der Waals surface area contributed by atoms with Crippen molar-refractivity contribution in [2.75, 3.05) is 11.4 Å². The average Bonchev–Trinajstić information content (AvgIpc) is 2.27. The van der Waals surface area contributed by atoms with Gasteiger partial charge in [-0.2, -0.15) is 0 Å². The fraction of sp³-hybridized carbons (Fsp3) is 0.533. The van der Waals surface area contributed by atoms with Gasteiger partial charge in [0.1, 0.15) is 11.4 Å². The molecule has 0 saturated heterocycles. The van der Waals surface area contributed by atoms with E-state index in [1.807, 2.05) is 20.8 Å². The summed E-state index contributed by atoms with van der Waals surface area (Å²) in [6.45, 7) is 8.16. The van der Waals surface area contributed by atoms with Gasteiger partial charge in [0.2, 0.25) is 0 Å². The minimum Gasteiger partial charge on any atom is -0.508 e. The van der Waals surface area contributed by atoms with Gasteiger partial charge in [0.05, 0.1) is 5.69 Å². The van der Waals surface area contributed by atoms with E-state index < -0.39 is 5.60 Å². The fourth-order valence-electron chi connectivity index (χ4n) is 1.62. The summed E-state index contributed by atoms with van der Waals surface area (Å²) in [5.74, 6) is 0.141. The minimum absolute atomic E-state index is 0.141. The number of unbranched alkanes of at least 4 members (excludes halogenated alkanes) is 1. The lowest BCUT2D eigenvalue weighted by molar-refractivity contribution is 0.0580. The number of carbonyl (C=O) groups is 1. The number of phenols is 1. The molecule has 4 heteroatoms. The van der Waals surface area contributed by atoms with Crippen LogP contribution in [0.4, 0.5) is 10.5 Å². The van der Waals surface area contributed by atoms with Gasteiger partial charge in [0.15, 0.2) is 0 Å². The van der Waals surface area contributed by atoms with E-state index in [0.717, 1.165) is 12.8 Å². The van der Waals surface area contributed by atoms with E-state index in [0.29, 0.717) is 12.2 Å². The first-order valence-corrected chi connectivity index (χ1v) is 6.63. The van der Waals surface area contributed by atoms with E-state index in [2.05, 4.69) is 6.92 Å². The lowest BCUT2D eigenvalue weighted by Crippen LogP contribution is -2.37. The highest BCUT2D eigenvalue weighted by atomic mass is 16.6. The lowest BCUT2D eigenvalue weighted by atomic mass is 10.2. The molecule has 1 aromatic rings. The second-order valence-corrected chi connectivity index (χ2v) is 5.51.